The van der Waals surface area contributed by atoms with E-state index in [1.807, 2.05) is 0 Å². The number of phenolic OH excluding ortho intramolecular Hbond substituents is 2. The van der Waals surface area contributed by atoms with E-state index in [-0.39, 0.29) is 5.75 Å². The number of benzene rings is 2. The quantitative estimate of drug-likeness (QED) is 0.146. The molecule has 30 heavy (non-hydrogen) atoms. The third-order valence-electron chi connectivity index (χ3n) is 3.62. The fraction of sp³-hybridized carbons (Fsp3) is 0.235. The minimum absolute atomic E-state index is 0.0937. The van der Waals surface area contributed by atoms with Crippen molar-refractivity contribution in [2.75, 3.05) is 0 Å². The molecule has 0 aliphatic heterocycles. The second-order valence-electron chi connectivity index (χ2n) is 5.90. The van der Waals surface area contributed by atoms with Crippen LogP contribution in [0.4, 0.5) is 17.6 Å². The Kier molecular flexibility index (Phi) is 7.24. The molecule has 0 saturated carbocycles. The number of halogens is 4. The molecule has 0 fully saturated rings. The maximum atomic E-state index is 13.4. The van der Waals surface area contributed by atoms with Crippen LogP contribution in [0.2, 0.25) is 0 Å². The molecule has 0 aromatic heterocycles. The Hall–Kier alpha value is -2.07. The molecule has 3 N–H and O–H groups in total. The van der Waals surface area contributed by atoms with Gasteiger partial charge in [-0.1, -0.05) is 0 Å². The van der Waals surface area contributed by atoms with Gasteiger partial charge in [-0.2, -0.15) is 0 Å². The van der Waals surface area contributed by atoms with E-state index >= 15 is 0 Å². The molecular formula is C17H14F4O7STe. The molecule has 2 rings (SSSR count). The standard InChI is InChI=1S/C17H14F4O7STe/c18-16(19,17(20,21)29(25,26)27)8-7-15(24)28-14-6-5-12(9-13(14)23)30-11-3-1-10(22)2-4-11/h1-6,9,22-23H,7-8H2,(H,25,26,27). The molecule has 7 nitrogen and oxygen atoms in total. The molecule has 0 bridgehead atoms. The van der Waals surface area contributed by atoms with Crippen molar-refractivity contribution in [3.8, 4) is 17.2 Å². The average molecular weight is 566 g/mol. The first-order valence-corrected chi connectivity index (χ1v) is 11.7. The van der Waals surface area contributed by atoms with Gasteiger partial charge in [-0.15, -0.1) is 0 Å². The number of phenols is 2. The zero-order valence-corrected chi connectivity index (χ0v) is 17.9. The minimum atomic E-state index is -6.39. The maximum absolute atomic E-state index is 13.4. The van der Waals surface area contributed by atoms with Crippen molar-refractivity contribution in [2.45, 2.75) is 24.0 Å². The van der Waals surface area contributed by atoms with Gasteiger partial charge in [-0.3, -0.25) is 0 Å². The summed E-state index contributed by atoms with van der Waals surface area (Å²) in [5.41, 5.74) is 0. The van der Waals surface area contributed by atoms with Crippen molar-refractivity contribution in [1.29, 1.82) is 0 Å². The van der Waals surface area contributed by atoms with E-state index in [9.17, 15) is 41.0 Å². The summed E-state index contributed by atoms with van der Waals surface area (Å²) in [7, 11) is -6.39. The summed E-state index contributed by atoms with van der Waals surface area (Å²) < 4.78 is 88.4. The van der Waals surface area contributed by atoms with E-state index in [1.54, 1.807) is 12.1 Å². The van der Waals surface area contributed by atoms with Gasteiger partial charge < -0.3 is 0 Å². The van der Waals surface area contributed by atoms with E-state index in [4.69, 9.17) is 4.55 Å². The van der Waals surface area contributed by atoms with Gasteiger partial charge in [0.1, 0.15) is 0 Å². The second kappa shape index (κ2) is 8.97. The first kappa shape index (κ1) is 24.2. The van der Waals surface area contributed by atoms with E-state index in [1.165, 1.54) is 30.3 Å². The summed E-state index contributed by atoms with van der Waals surface area (Å²) in [6, 6.07) is 10.4. The number of rotatable bonds is 8. The van der Waals surface area contributed by atoms with Crippen LogP contribution >= 0.6 is 0 Å². The Labute approximate surface area is 178 Å². The Morgan fingerprint density at radius 1 is 1.00 bits per heavy atom. The van der Waals surface area contributed by atoms with Crippen LogP contribution < -0.4 is 12.0 Å². The summed E-state index contributed by atoms with van der Waals surface area (Å²) >= 11 is -0.958. The Morgan fingerprint density at radius 3 is 2.10 bits per heavy atom. The predicted octanol–water partition coefficient (Wildman–Crippen LogP) is 1.55. The average Bonchev–Trinajstić information content (AvgIpc) is 2.63. The molecular weight excluding hydrogens is 552 g/mol. The number of carbonyl (C=O) groups excluding carboxylic acids is 1. The molecule has 2 aromatic rings. The van der Waals surface area contributed by atoms with Crippen LogP contribution in [0.1, 0.15) is 12.8 Å². The SMILES string of the molecule is O=C(CCC(F)(F)C(F)(F)S(=O)(=O)O)Oc1ccc([Te]c2ccc(O)cc2)cc1O. The third-order valence-corrected chi connectivity index (χ3v) is 7.41. The van der Waals surface area contributed by atoms with Crippen LogP contribution in [0, 0.1) is 0 Å². The second-order valence-corrected chi connectivity index (χ2v) is 10.6. The third kappa shape index (κ3) is 5.75. The number of hydrogen-bond acceptors (Lipinski definition) is 6. The Balaban J connectivity index is 2.01. The zero-order chi connectivity index (χ0) is 22.7. The van der Waals surface area contributed by atoms with Crippen LogP contribution in [-0.2, 0) is 14.9 Å². The zero-order valence-electron chi connectivity index (χ0n) is 14.8. The van der Waals surface area contributed by atoms with Crippen LogP contribution in [0.15, 0.2) is 42.5 Å². The molecule has 0 aliphatic rings. The van der Waals surface area contributed by atoms with Gasteiger partial charge in [0.2, 0.25) is 0 Å². The molecule has 0 unspecified atom stereocenters. The fourth-order valence-corrected chi connectivity index (χ4v) is 4.97. The summed E-state index contributed by atoms with van der Waals surface area (Å²) in [5, 5.41) is 13.4. The molecule has 0 saturated heterocycles. The molecule has 0 atom stereocenters. The van der Waals surface area contributed by atoms with E-state index < -0.39 is 72.5 Å². The number of ether oxygens (including phenoxy) is 1. The van der Waals surface area contributed by atoms with Crippen molar-refractivity contribution in [3.63, 3.8) is 0 Å². The van der Waals surface area contributed by atoms with Crippen LogP contribution in [0.3, 0.4) is 0 Å². The number of aromatic hydroxyl groups is 2. The molecule has 0 radical (unpaired) electrons. The number of carbonyl (C=O) groups is 1. The Morgan fingerprint density at radius 2 is 1.57 bits per heavy atom. The van der Waals surface area contributed by atoms with E-state index in [0.29, 0.717) is 3.61 Å². The Bertz CT molecular complexity index is 1030. The van der Waals surface area contributed by atoms with Gasteiger partial charge in [0.15, 0.2) is 0 Å². The van der Waals surface area contributed by atoms with Gasteiger partial charge in [-0.25, -0.2) is 0 Å². The van der Waals surface area contributed by atoms with Crippen molar-refractivity contribution in [3.05, 3.63) is 42.5 Å². The van der Waals surface area contributed by atoms with Gasteiger partial charge in [0.05, 0.1) is 0 Å². The number of alkyl halides is 4. The van der Waals surface area contributed by atoms with Gasteiger partial charge in [-0.05, 0) is 0 Å². The van der Waals surface area contributed by atoms with E-state index in [2.05, 4.69) is 4.74 Å². The monoisotopic (exact) mass is 568 g/mol. The normalized spacial score (nSPS) is 12.6. The van der Waals surface area contributed by atoms with Crippen molar-refractivity contribution >= 4 is 44.2 Å². The molecule has 0 amide bonds. The number of hydrogen-bond donors (Lipinski definition) is 3. The molecule has 0 heterocycles. The molecule has 2 aromatic carbocycles. The fourth-order valence-electron chi connectivity index (χ4n) is 2.06. The molecule has 13 heteroatoms. The van der Waals surface area contributed by atoms with Crippen LogP contribution in [0.5, 0.6) is 17.2 Å². The first-order valence-electron chi connectivity index (χ1n) is 7.96. The van der Waals surface area contributed by atoms with E-state index in [0.717, 1.165) is 3.61 Å². The number of esters is 1. The predicted molar refractivity (Wildman–Crippen MR) is 97.5 cm³/mol. The summed E-state index contributed by atoms with van der Waals surface area (Å²) in [6.07, 6.45) is -3.22. The molecule has 0 aliphatic carbocycles. The summed E-state index contributed by atoms with van der Waals surface area (Å²) in [4.78, 5) is 11.7. The van der Waals surface area contributed by atoms with Crippen LogP contribution in [0.25, 0.3) is 0 Å². The van der Waals surface area contributed by atoms with Crippen molar-refractivity contribution in [1.82, 2.24) is 0 Å². The topological polar surface area (TPSA) is 121 Å². The van der Waals surface area contributed by atoms with Crippen molar-refractivity contribution < 1.29 is 50.3 Å². The molecule has 0 spiro atoms. The summed E-state index contributed by atoms with van der Waals surface area (Å²) in [6.45, 7) is 0. The van der Waals surface area contributed by atoms with Gasteiger partial charge in [0.25, 0.3) is 0 Å². The van der Waals surface area contributed by atoms with Gasteiger partial charge in [0, 0.05) is 0 Å². The summed E-state index contributed by atoms with van der Waals surface area (Å²) in [5.74, 6) is -7.43. The van der Waals surface area contributed by atoms with Gasteiger partial charge >= 0.3 is 178 Å². The van der Waals surface area contributed by atoms with Crippen molar-refractivity contribution in [2.24, 2.45) is 0 Å². The first-order chi connectivity index (χ1) is 13.7. The molecule has 164 valence electrons. The van der Waals surface area contributed by atoms with Crippen LogP contribution in [-0.4, -0.2) is 61.3 Å².